The molecule has 0 amide bonds. The van der Waals surface area contributed by atoms with Crippen LogP contribution < -0.4 is 9.64 Å². The minimum Gasteiger partial charge on any atom is -0.481 e. The van der Waals surface area contributed by atoms with Crippen LogP contribution in [0.25, 0.3) is 11.3 Å². The number of aromatic nitrogens is 1. The molecule has 0 saturated carbocycles. The van der Waals surface area contributed by atoms with Gasteiger partial charge in [0.05, 0.1) is 5.69 Å². The van der Waals surface area contributed by atoms with Gasteiger partial charge in [-0.3, -0.25) is 4.79 Å². The quantitative estimate of drug-likeness (QED) is 0.800. The van der Waals surface area contributed by atoms with Crippen LogP contribution in [0.2, 0.25) is 0 Å². The predicted molar refractivity (Wildman–Crippen MR) is 97.9 cm³/mol. The van der Waals surface area contributed by atoms with Crippen molar-refractivity contribution in [1.29, 1.82) is 0 Å². The van der Waals surface area contributed by atoms with Gasteiger partial charge in [0.15, 0.2) is 0 Å². The number of ether oxygens (including phenoxy) is 1. The fourth-order valence-electron chi connectivity index (χ4n) is 3.25. The van der Waals surface area contributed by atoms with Gasteiger partial charge in [0, 0.05) is 30.5 Å². The van der Waals surface area contributed by atoms with Gasteiger partial charge in [-0.05, 0) is 36.6 Å². The number of carboxylic acid groups (broad SMARTS) is 1. The summed E-state index contributed by atoms with van der Waals surface area (Å²) in [4.78, 5) is 16.7. The SMILES string of the molecule is O=C(O)CC1CCN(c2c(F)cc(-c3csc(OC4=CC=C4)n3)cc2F)C1. The van der Waals surface area contributed by atoms with E-state index in [0.717, 1.165) is 0 Å². The van der Waals surface area contributed by atoms with Crippen molar-refractivity contribution in [3.63, 3.8) is 0 Å². The maximum absolute atomic E-state index is 14.6. The van der Waals surface area contributed by atoms with E-state index in [1.807, 2.05) is 6.08 Å². The number of carbonyl (C=O) groups is 1. The molecule has 2 aromatic rings. The Labute approximate surface area is 158 Å². The van der Waals surface area contributed by atoms with Crippen LogP contribution in [0.3, 0.4) is 0 Å². The third kappa shape index (κ3) is 3.71. The fourth-order valence-corrected chi connectivity index (χ4v) is 3.94. The Bertz CT molecular complexity index is 931. The molecule has 0 bridgehead atoms. The second-order valence-corrected chi connectivity index (χ2v) is 7.34. The van der Waals surface area contributed by atoms with E-state index >= 15 is 0 Å². The number of carboxylic acids is 1. The van der Waals surface area contributed by atoms with Crippen LogP contribution in [-0.2, 0) is 4.79 Å². The zero-order valence-corrected chi connectivity index (χ0v) is 15.0. The average Bonchev–Trinajstić information content (AvgIpc) is 3.19. The molecule has 1 aliphatic carbocycles. The normalized spacial score (nSPS) is 18.4. The number of benzene rings is 1. The maximum atomic E-state index is 14.6. The fraction of sp³-hybridized carbons (Fsp3) is 0.263. The lowest BCUT2D eigenvalue weighted by atomic mass is 10.1. The van der Waals surface area contributed by atoms with Crippen molar-refractivity contribution in [2.75, 3.05) is 18.0 Å². The van der Waals surface area contributed by atoms with Crippen molar-refractivity contribution in [3.05, 3.63) is 53.1 Å². The molecule has 1 fully saturated rings. The molecule has 27 heavy (non-hydrogen) atoms. The summed E-state index contributed by atoms with van der Waals surface area (Å²) >= 11 is 1.25. The minimum absolute atomic E-state index is 0.00501. The predicted octanol–water partition coefficient (Wildman–Crippen LogP) is 4.22. The van der Waals surface area contributed by atoms with Gasteiger partial charge in [-0.15, -0.1) is 0 Å². The highest BCUT2D eigenvalue weighted by atomic mass is 32.1. The van der Waals surface area contributed by atoms with Gasteiger partial charge in [-0.2, -0.15) is 0 Å². The molecular weight excluding hydrogens is 374 g/mol. The standard InChI is InChI=1S/C19H16F2N2O3S/c20-14-7-12(16-10-27-19(22-16)26-13-2-1-3-13)8-15(21)18(14)23-5-4-11(9-23)6-17(24)25/h1-3,7-8,10-11H,4-6,9H2,(H,24,25). The molecule has 2 heterocycles. The summed E-state index contributed by atoms with van der Waals surface area (Å²) in [6, 6.07) is 2.51. The van der Waals surface area contributed by atoms with E-state index in [1.165, 1.54) is 23.5 Å². The van der Waals surface area contributed by atoms with Gasteiger partial charge in [0.2, 0.25) is 0 Å². The number of hydrogen-bond acceptors (Lipinski definition) is 5. The second kappa shape index (κ2) is 7.11. The van der Waals surface area contributed by atoms with Crippen LogP contribution in [-0.4, -0.2) is 29.1 Å². The molecule has 0 spiro atoms. The molecular formula is C19H16F2N2O3S. The lowest BCUT2D eigenvalue weighted by Gasteiger charge is -2.20. The highest BCUT2D eigenvalue weighted by Crippen LogP contribution is 2.35. The number of anilines is 1. The Morgan fingerprint density at radius 2 is 2.11 bits per heavy atom. The molecule has 0 radical (unpaired) electrons. The number of thiazole rings is 1. The first-order valence-electron chi connectivity index (χ1n) is 8.47. The van der Waals surface area contributed by atoms with E-state index in [9.17, 15) is 13.6 Å². The molecule has 1 aliphatic heterocycles. The van der Waals surface area contributed by atoms with Crippen molar-refractivity contribution < 1.29 is 23.4 Å². The molecule has 1 atom stereocenters. The van der Waals surface area contributed by atoms with Gasteiger partial charge >= 0.3 is 5.97 Å². The molecule has 1 aromatic heterocycles. The monoisotopic (exact) mass is 390 g/mol. The third-order valence-electron chi connectivity index (χ3n) is 4.59. The van der Waals surface area contributed by atoms with Crippen LogP contribution in [0.5, 0.6) is 5.19 Å². The van der Waals surface area contributed by atoms with E-state index in [-0.39, 0.29) is 18.0 Å². The smallest absolute Gasteiger partial charge is 0.303 e. The molecule has 2 aliphatic rings. The average molecular weight is 390 g/mol. The van der Waals surface area contributed by atoms with E-state index in [0.29, 0.717) is 41.7 Å². The van der Waals surface area contributed by atoms with Crippen molar-refractivity contribution in [1.82, 2.24) is 4.98 Å². The van der Waals surface area contributed by atoms with Gasteiger partial charge in [0.1, 0.15) is 23.1 Å². The highest BCUT2D eigenvalue weighted by molar-refractivity contribution is 7.11. The molecule has 1 unspecified atom stereocenters. The molecule has 5 nitrogen and oxygen atoms in total. The van der Waals surface area contributed by atoms with Crippen LogP contribution in [0.4, 0.5) is 14.5 Å². The summed E-state index contributed by atoms with van der Waals surface area (Å²) in [6.07, 6.45) is 6.04. The van der Waals surface area contributed by atoms with Gasteiger partial charge < -0.3 is 14.7 Å². The first-order valence-corrected chi connectivity index (χ1v) is 9.35. The number of aliphatic carboxylic acids is 1. The van der Waals surface area contributed by atoms with E-state index < -0.39 is 17.6 Å². The zero-order chi connectivity index (χ0) is 19.0. The van der Waals surface area contributed by atoms with Crippen molar-refractivity contribution in [2.45, 2.75) is 12.8 Å². The van der Waals surface area contributed by atoms with Gasteiger partial charge in [-0.1, -0.05) is 17.4 Å². The topological polar surface area (TPSA) is 62.7 Å². The van der Waals surface area contributed by atoms with Crippen LogP contribution in [0.15, 0.2) is 41.5 Å². The van der Waals surface area contributed by atoms with Crippen LogP contribution in [0.1, 0.15) is 12.8 Å². The third-order valence-corrected chi connectivity index (χ3v) is 5.30. The molecule has 8 heteroatoms. The Hall–Kier alpha value is -2.74. The van der Waals surface area contributed by atoms with E-state index in [4.69, 9.17) is 9.84 Å². The number of nitrogens with zero attached hydrogens (tertiary/aromatic N) is 2. The number of hydrogen-bond donors (Lipinski definition) is 1. The summed E-state index contributed by atoms with van der Waals surface area (Å²) in [6.45, 7) is 0.763. The zero-order valence-electron chi connectivity index (χ0n) is 14.2. The molecule has 1 saturated heterocycles. The Balaban J connectivity index is 1.53. The first kappa shape index (κ1) is 17.7. The summed E-state index contributed by atoms with van der Waals surface area (Å²) < 4.78 is 34.8. The number of rotatable bonds is 6. The molecule has 1 aromatic carbocycles. The van der Waals surface area contributed by atoms with Crippen molar-refractivity contribution in [2.24, 2.45) is 5.92 Å². The summed E-state index contributed by atoms with van der Waals surface area (Å²) in [5, 5.41) is 11.0. The lowest BCUT2D eigenvalue weighted by Crippen LogP contribution is -2.23. The number of halogens is 2. The van der Waals surface area contributed by atoms with Crippen molar-refractivity contribution in [3.8, 4) is 16.5 Å². The van der Waals surface area contributed by atoms with Gasteiger partial charge in [0.25, 0.3) is 5.19 Å². The summed E-state index contributed by atoms with van der Waals surface area (Å²) in [5.41, 5.74) is 0.663. The van der Waals surface area contributed by atoms with Crippen LogP contribution in [0, 0.1) is 17.6 Å². The van der Waals surface area contributed by atoms with Gasteiger partial charge in [-0.25, -0.2) is 13.8 Å². The highest BCUT2D eigenvalue weighted by Gasteiger charge is 2.28. The Kier molecular flexibility index (Phi) is 4.65. The summed E-state index contributed by atoms with van der Waals surface area (Å²) in [7, 11) is 0. The minimum atomic E-state index is -0.896. The maximum Gasteiger partial charge on any atom is 0.303 e. The molecule has 1 N–H and O–H groups in total. The Morgan fingerprint density at radius 3 is 2.74 bits per heavy atom. The van der Waals surface area contributed by atoms with Crippen LogP contribution >= 0.6 is 11.3 Å². The largest absolute Gasteiger partial charge is 0.481 e. The Morgan fingerprint density at radius 1 is 1.37 bits per heavy atom. The lowest BCUT2D eigenvalue weighted by molar-refractivity contribution is -0.137. The molecule has 140 valence electrons. The van der Waals surface area contributed by atoms with E-state index in [1.54, 1.807) is 22.4 Å². The van der Waals surface area contributed by atoms with Crippen molar-refractivity contribution >= 4 is 23.0 Å². The molecule has 4 rings (SSSR count). The number of allylic oxidation sites excluding steroid dienone is 3. The first-order chi connectivity index (χ1) is 13.0. The summed E-state index contributed by atoms with van der Waals surface area (Å²) in [5.74, 6) is -1.67. The second-order valence-electron chi connectivity index (χ2n) is 6.52. The van der Waals surface area contributed by atoms with E-state index in [2.05, 4.69) is 4.98 Å².